The van der Waals surface area contributed by atoms with Gasteiger partial charge < -0.3 is 10.1 Å². The summed E-state index contributed by atoms with van der Waals surface area (Å²) in [7, 11) is 0. The molecule has 8 heteroatoms. The lowest BCUT2D eigenvalue weighted by Gasteiger charge is -2.19. The molecular formula is C21H14ClN3O4. The average Bonchev–Trinajstić information content (AvgIpc) is 2.74. The van der Waals surface area contributed by atoms with E-state index in [4.69, 9.17) is 21.6 Å². The Bertz CT molecular complexity index is 1100. The van der Waals surface area contributed by atoms with E-state index in [1.54, 1.807) is 48.5 Å². The molecule has 1 unspecified atom stereocenters. The molecule has 7 nitrogen and oxygen atoms in total. The maximum atomic E-state index is 12.9. The molecule has 0 bridgehead atoms. The normalized spacial score (nSPS) is 11.2. The summed E-state index contributed by atoms with van der Waals surface area (Å²) in [6, 6.07) is 21.2. The van der Waals surface area contributed by atoms with Crippen molar-refractivity contribution in [3.63, 3.8) is 0 Å². The third-order valence-electron chi connectivity index (χ3n) is 3.97. The van der Waals surface area contributed by atoms with E-state index in [1.807, 2.05) is 6.07 Å². The van der Waals surface area contributed by atoms with Crippen molar-refractivity contribution >= 4 is 28.9 Å². The van der Waals surface area contributed by atoms with Crippen LogP contribution in [0.4, 0.5) is 11.4 Å². The van der Waals surface area contributed by atoms with Crippen molar-refractivity contribution in [3.8, 4) is 11.8 Å². The predicted molar refractivity (Wildman–Crippen MR) is 108 cm³/mol. The first-order valence-corrected chi connectivity index (χ1v) is 8.82. The number of carbonyl (C=O) groups excluding carboxylic acids is 1. The molecule has 1 atom stereocenters. The van der Waals surface area contributed by atoms with E-state index in [0.29, 0.717) is 16.9 Å². The maximum Gasteiger partial charge on any atom is 0.289 e. The van der Waals surface area contributed by atoms with E-state index < -0.39 is 16.9 Å². The van der Waals surface area contributed by atoms with Crippen molar-refractivity contribution in [2.24, 2.45) is 0 Å². The van der Waals surface area contributed by atoms with Gasteiger partial charge in [-0.05, 0) is 30.3 Å². The first-order chi connectivity index (χ1) is 14.0. The second-order valence-corrected chi connectivity index (χ2v) is 6.37. The smallest absolute Gasteiger partial charge is 0.289 e. The third kappa shape index (κ3) is 4.89. The van der Waals surface area contributed by atoms with Crippen molar-refractivity contribution in [1.29, 1.82) is 5.26 Å². The molecule has 29 heavy (non-hydrogen) atoms. The minimum Gasteiger partial charge on any atom is -0.476 e. The second-order valence-electron chi connectivity index (χ2n) is 5.96. The minimum absolute atomic E-state index is 0.0304. The molecule has 3 rings (SSSR count). The summed E-state index contributed by atoms with van der Waals surface area (Å²) >= 11 is 5.82. The van der Waals surface area contributed by atoms with Crippen LogP contribution in [0.5, 0.6) is 5.75 Å². The van der Waals surface area contributed by atoms with Gasteiger partial charge in [0.1, 0.15) is 10.8 Å². The molecule has 0 saturated carbocycles. The van der Waals surface area contributed by atoms with Gasteiger partial charge in [0.15, 0.2) is 0 Å². The summed E-state index contributed by atoms with van der Waals surface area (Å²) in [6.45, 7) is 0. The fourth-order valence-corrected chi connectivity index (χ4v) is 2.80. The fraction of sp³-hybridized carbons (Fsp3) is 0.0476. The van der Waals surface area contributed by atoms with Gasteiger partial charge in [0.2, 0.25) is 6.10 Å². The fourth-order valence-electron chi connectivity index (χ4n) is 2.61. The van der Waals surface area contributed by atoms with E-state index in [9.17, 15) is 14.9 Å². The average molecular weight is 408 g/mol. The Balaban J connectivity index is 1.90. The zero-order valence-corrected chi connectivity index (χ0v) is 15.7. The number of nitriles is 1. The molecule has 1 amide bonds. The number of nitro groups is 1. The highest BCUT2D eigenvalue weighted by molar-refractivity contribution is 6.32. The summed E-state index contributed by atoms with van der Waals surface area (Å²) in [6.07, 6.45) is -1.04. The van der Waals surface area contributed by atoms with E-state index in [1.165, 1.54) is 24.3 Å². The number of carbonyl (C=O) groups is 1. The Morgan fingerprint density at radius 1 is 1.10 bits per heavy atom. The lowest BCUT2D eigenvalue weighted by Crippen LogP contribution is -2.25. The van der Waals surface area contributed by atoms with Crippen molar-refractivity contribution in [2.45, 2.75) is 6.10 Å². The van der Waals surface area contributed by atoms with Crippen LogP contribution in [0.25, 0.3) is 0 Å². The van der Waals surface area contributed by atoms with Gasteiger partial charge in [-0.25, -0.2) is 0 Å². The molecular weight excluding hydrogens is 394 g/mol. The molecule has 0 aliphatic heterocycles. The Morgan fingerprint density at radius 3 is 2.55 bits per heavy atom. The zero-order valence-electron chi connectivity index (χ0n) is 14.9. The Kier molecular flexibility index (Phi) is 6.07. The van der Waals surface area contributed by atoms with Crippen LogP contribution in [-0.4, -0.2) is 10.8 Å². The number of nitro benzene ring substituents is 1. The molecule has 3 aromatic rings. The number of nitrogens with one attached hydrogen (secondary N) is 1. The maximum absolute atomic E-state index is 12.9. The number of hydrogen-bond donors (Lipinski definition) is 1. The molecule has 3 aromatic carbocycles. The van der Waals surface area contributed by atoms with Gasteiger partial charge in [-0.2, -0.15) is 5.26 Å². The monoisotopic (exact) mass is 407 g/mol. The topological polar surface area (TPSA) is 105 Å². The minimum atomic E-state index is -1.04. The molecule has 144 valence electrons. The van der Waals surface area contributed by atoms with E-state index >= 15 is 0 Å². The highest BCUT2D eigenvalue weighted by atomic mass is 35.5. The lowest BCUT2D eigenvalue weighted by atomic mass is 10.1. The summed E-state index contributed by atoms with van der Waals surface area (Å²) < 4.78 is 5.86. The SMILES string of the molecule is N#Cc1cccc(OC(C(=O)Nc2ccc(Cl)c([N+](=O)[O-])c2)c2ccccc2)c1. The van der Waals surface area contributed by atoms with Crippen molar-refractivity contribution < 1.29 is 14.5 Å². The largest absolute Gasteiger partial charge is 0.476 e. The number of benzene rings is 3. The van der Waals surface area contributed by atoms with Crippen LogP contribution in [-0.2, 0) is 4.79 Å². The highest BCUT2D eigenvalue weighted by Gasteiger charge is 2.24. The molecule has 0 saturated heterocycles. The second kappa shape index (κ2) is 8.87. The standard InChI is InChI=1S/C21H14ClN3O4/c22-18-10-9-16(12-19(18)25(27)28)24-21(26)20(15-6-2-1-3-7-15)29-17-8-4-5-14(11-17)13-23/h1-12,20H,(H,24,26). The van der Waals surface area contributed by atoms with Crippen LogP contribution in [0.1, 0.15) is 17.2 Å². The number of nitrogens with zero attached hydrogens (tertiary/aromatic N) is 2. The summed E-state index contributed by atoms with van der Waals surface area (Å²) in [5.74, 6) is -0.190. The van der Waals surface area contributed by atoms with Crippen molar-refractivity contribution in [2.75, 3.05) is 5.32 Å². The van der Waals surface area contributed by atoms with Crippen molar-refractivity contribution in [1.82, 2.24) is 0 Å². The molecule has 0 fully saturated rings. The van der Waals surface area contributed by atoms with Gasteiger partial charge in [-0.3, -0.25) is 14.9 Å². The van der Waals surface area contributed by atoms with Gasteiger partial charge in [0, 0.05) is 17.3 Å². The van der Waals surface area contributed by atoms with E-state index in [2.05, 4.69) is 5.32 Å². The number of halogens is 1. The first-order valence-electron chi connectivity index (χ1n) is 8.44. The third-order valence-corrected chi connectivity index (χ3v) is 4.29. The molecule has 0 aromatic heterocycles. The summed E-state index contributed by atoms with van der Waals surface area (Å²) in [5.41, 5.74) is 0.864. The number of hydrogen-bond acceptors (Lipinski definition) is 5. The predicted octanol–water partition coefficient (Wildman–Crippen LogP) is 4.88. The van der Waals surface area contributed by atoms with Crippen LogP contribution in [0, 0.1) is 21.4 Å². The van der Waals surface area contributed by atoms with Crippen LogP contribution in [0.2, 0.25) is 5.02 Å². The van der Waals surface area contributed by atoms with Gasteiger partial charge in [-0.1, -0.05) is 48.0 Å². The van der Waals surface area contributed by atoms with Crippen LogP contribution in [0.3, 0.4) is 0 Å². The zero-order chi connectivity index (χ0) is 20.8. The number of amides is 1. The Hall–Kier alpha value is -3.89. The number of anilines is 1. The van der Waals surface area contributed by atoms with Crippen LogP contribution < -0.4 is 10.1 Å². The highest BCUT2D eigenvalue weighted by Crippen LogP contribution is 2.29. The van der Waals surface area contributed by atoms with E-state index in [-0.39, 0.29) is 16.4 Å². The Morgan fingerprint density at radius 2 is 1.86 bits per heavy atom. The molecule has 0 aliphatic rings. The number of ether oxygens (including phenoxy) is 1. The van der Waals surface area contributed by atoms with Crippen LogP contribution >= 0.6 is 11.6 Å². The molecule has 0 radical (unpaired) electrons. The molecule has 0 aliphatic carbocycles. The molecule has 0 heterocycles. The Labute approximate surface area is 171 Å². The molecule has 0 spiro atoms. The van der Waals surface area contributed by atoms with Gasteiger partial charge >= 0.3 is 0 Å². The molecule has 1 N–H and O–H groups in total. The lowest BCUT2D eigenvalue weighted by molar-refractivity contribution is -0.384. The van der Waals surface area contributed by atoms with Gasteiger partial charge in [0.25, 0.3) is 11.6 Å². The van der Waals surface area contributed by atoms with Gasteiger partial charge in [-0.15, -0.1) is 0 Å². The van der Waals surface area contributed by atoms with Crippen LogP contribution in [0.15, 0.2) is 72.8 Å². The van der Waals surface area contributed by atoms with Gasteiger partial charge in [0.05, 0.1) is 16.6 Å². The first kappa shape index (κ1) is 19.9. The number of rotatable bonds is 6. The van der Waals surface area contributed by atoms with Crippen molar-refractivity contribution in [3.05, 3.63) is 99.1 Å². The van der Waals surface area contributed by atoms with E-state index in [0.717, 1.165) is 0 Å². The summed E-state index contributed by atoms with van der Waals surface area (Å²) in [4.78, 5) is 23.4. The quantitative estimate of drug-likeness (QED) is 0.463. The summed E-state index contributed by atoms with van der Waals surface area (Å²) in [5, 5.41) is 22.7.